The molecular formula is C12H15BrF3NS. The number of nitrogens with one attached hydrogen (secondary N) is 1. The summed E-state index contributed by atoms with van der Waals surface area (Å²) < 4.78 is 42.6. The van der Waals surface area contributed by atoms with Crippen molar-refractivity contribution < 1.29 is 13.2 Å². The summed E-state index contributed by atoms with van der Waals surface area (Å²) in [5, 5.41) is 0. The minimum absolute atomic E-state index is 0.0314. The zero-order valence-corrected chi connectivity index (χ0v) is 12.7. The molecule has 1 unspecified atom stereocenters. The molecule has 1 atom stereocenters. The Kier molecular flexibility index (Phi) is 5.55. The Morgan fingerprint density at radius 3 is 2.39 bits per heavy atom. The molecule has 0 amide bonds. The van der Waals surface area contributed by atoms with Gasteiger partial charge in [-0.3, -0.25) is 4.72 Å². The zero-order valence-electron chi connectivity index (χ0n) is 10.3. The summed E-state index contributed by atoms with van der Waals surface area (Å²) in [6.07, 6.45) is -2.68. The lowest BCUT2D eigenvalue weighted by Gasteiger charge is -2.24. The number of alkyl halides is 2. The SMILES string of the molecule is CC(C)(C)SNC(c1cc(Br)ccc1F)C(F)F. The Morgan fingerprint density at radius 2 is 1.89 bits per heavy atom. The lowest BCUT2D eigenvalue weighted by molar-refractivity contribution is 0.108. The van der Waals surface area contributed by atoms with E-state index in [-0.39, 0.29) is 10.3 Å². The molecule has 102 valence electrons. The fourth-order valence-corrected chi connectivity index (χ4v) is 2.33. The summed E-state index contributed by atoms with van der Waals surface area (Å²) in [7, 11) is 0. The third kappa shape index (κ3) is 4.82. The van der Waals surface area contributed by atoms with Gasteiger partial charge in [0.25, 0.3) is 6.43 Å². The largest absolute Gasteiger partial charge is 0.258 e. The minimum Gasteiger partial charge on any atom is -0.250 e. The molecule has 0 radical (unpaired) electrons. The first-order chi connectivity index (χ1) is 8.20. The first kappa shape index (κ1) is 15.9. The molecule has 18 heavy (non-hydrogen) atoms. The lowest BCUT2D eigenvalue weighted by Crippen LogP contribution is -2.27. The van der Waals surface area contributed by atoms with Gasteiger partial charge in [0.05, 0.1) is 0 Å². The summed E-state index contributed by atoms with van der Waals surface area (Å²) in [6.45, 7) is 5.68. The molecule has 0 heterocycles. The maximum Gasteiger partial charge on any atom is 0.258 e. The molecule has 0 aliphatic rings. The van der Waals surface area contributed by atoms with Gasteiger partial charge >= 0.3 is 0 Å². The van der Waals surface area contributed by atoms with Gasteiger partial charge in [-0.05, 0) is 39.0 Å². The van der Waals surface area contributed by atoms with Crippen molar-refractivity contribution >= 4 is 27.9 Å². The molecular weight excluding hydrogens is 327 g/mol. The van der Waals surface area contributed by atoms with E-state index in [1.807, 2.05) is 20.8 Å². The van der Waals surface area contributed by atoms with Crippen LogP contribution >= 0.6 is 27.9 Å². The Morgan fingerprint density at radius 1 is 1.28 bits per heavy atom. The van der Waals surface area contributed by atoms with Gasteiger partial charge < -0.3 is 0 Å². The normalized spacial score (nSPS) is 14.0. The molecule has 0 spiro atoms. The number of benzene rings is 1. The maximum absolute atomic E-state index is 13.6. The fraction of sp³-hybridized carbons (Fsp3) is 0.500. The van der Waals surface area contributed by atoms with E-state index in [2.05, 4.69) is 20.7 Å². The topological polar surface area (TPSA) is 12.0 Å². The summed E-state index contributed by atoms with van der Waals surface area (Å²) in [5.74, 6) is -0.634. The summed E-state index contributed by atoms with van der Waals surface area (Å²) in [5.41, 5.74) is -0.0314. The number of hydrogen-bond acceptors (Lipinski definition) is 2. The highest BCUT2D eigenvalue weighted by Crippen LogP contribution is 2.31. The van der Waals surface area contributed by atoms with Crippen LogP contribution in [-0.2, 0) is 0 Å². The minimum atomic E-state index is -2.68. The lowest BCUT2D eigenvalue weighted by atomic mass is 10.1. The molecule has 0 aliphatic carbocycles. The van der Waals surface area contributed by atoms with E-state index in [0.29, 0.717) is 4.47 Å². The van der Waals surface area contributed by atoms with Crippen molar-refractivity contribution in [3.05, 3.63) is 34.1 Å². The Balaban J connectivity index is 2.94. The molecule has 1 aromatic carbocycles. The number of rotatable bonds is 4. The van der Waals surface area contributed by atoms with Crippen molar-refractivity contribution in [1.82, 2.24) is 4.72 Å². The van der Waals surface area contributed by atoms with Crippen LogP contribution < -0.4 is 4.72 Å². The van der Waals surface area contributed by atoms with Crippen molar-refractivity contribution in [1.29, 1.82) is 0 Å². The van der Waals surface area contributed by atoms with E-state index < -0.39 is 18.3 Å². The van der Waals surface area contributed by atoms with Gasteiger partial charge in [-0.2, -0.15) is 0 Å². The Labute approximate surface area is 118 Å². The van der Waals surface area contributed by atoms with E-state index in [0.717, 1.165) is 0 Å². The molecule has 0 saturated carbocycles. The highest BCUT2D eigenvalue weighted by atomic mass is 79.9. The van der Waals surface area contributed by atoms with Crippen LogP contribution in [0, 0.1) is 5.82 Å². The van der Waals surface area contributed by atoms with Crippen molar-refractivity contribution in [2.24, 2.45) is 0 Å². The molecule has 1 nitrogen and oxygen atoms in total. The summed E-state index contributed by atoms with van der Waals surface area (Å²) >= 11 is 4.33. The van der Waals surface area contributed by atoms with Gasteiger partial charge in [0.1, 0.15) is 11.9 Å². The molecule has 6 heteroatoms. The molecule has 0 saturated heterocycles. The molecule has 1 rings (SSSR count). The highest BCUT2D eigenvalue weighted by molar-refractivity contribution is 9.10. The first-order valence-corrected chi connectivity index (χ1v) is 6.98. The summed E-state index contributed by atoms with van der Waals surface area (Å²) in [4.78, 5) is 0. The van der Waals surface area contributed by atoms with E-state index in [1.54, 1.807) is 0 Å². The molecule has 1 aromatic rings. The number of halogens is 4. The third-order valence-corrected chi connectivity index (χ3v) is 3.51. The van der Waals surface area contributed by atoms with E-state index in [9.17, 15) is 13.2 Å². The predicted molar refractivity (Wildman–Crippen MR) is 73.3 cm³/mol. The van der Waals surface area contributed by atoms with Crippen molar-refractivity contribution in [2.75, 3.05) is 0 Å². The van der Waals surface area contributed by atoms with Crippen LogP contribution in [-0.4, -0.2) is 11.2 Å². The standard InChI is InChI=1S/C12H15BrF3NS/c1-12(2,3)18-17-10(11(15)16)8-6-7(13)4-5-9(8)14/h4-6,10-11,17H,1-3H3. The highest BCUT2D eigenvalue weighted by Gasteiger charge is 2.27. The maximum atomic E-state index is 13.6. The molecule has 0 fully saturated rings. The van der Waals surface area contributed by atoms with Crippen LogP contribution in [0.1, 0.15) is 32.4 Å². The van der Waals surface area contributed by atoms with Crippen LogP contribution in [0.5, 0.6) is 0 Å². The smallest absolute Gasteiger partial charge is 0.250 e. The molecule has 0 aromatic heterocycles. The second-order valence-electron chi connectivity index (χ2n) is 4.81. The fourth-order valence-electron chi connectivity index (χ4n) is 1.24. The van der Waals surface area contributed by atoms with E-state index >= 15 is 0 Å². The van der Waals surface area contributed by atoms with Gasteiger partial charge in [-0.1, -0.05) is 27.9 Å². The predicted octanol–water partition coefficient (Wildman–Crippen LogP) is 4.93. The molecule has 1 N–H and O–H groups in total. The average Bonchev–Trinajstić information content (AvgIpc) is 2.21. The van der Waals surface area contributed by atoms with Crippen LogP contribution in [0.4, 0.5) is 13.2 Å². The molecule has 0 aliphatic heterocycles. The summed E-state index contributed by atoms with van der Waals surface area (Å²) in [6, 6.07) is 2.71. The zero-order chi connectivity index (χ0) is 13.9. The second-order valence-corrected chi connectivity index (χ2v) is 7.39. The Bertz CT molecular complexity index is 407. The van der Waals surface area contributed by atoms with Crippen molar-refractivity contribution in [3.63, 3.8) is 0 Å². The van der Waals surface area contributed by atoms with Crippen molar-refractivity contribution in [3.8, 4) is 0 Å². The quantitative estimate of drug-likeness (QED) is 0.779. The third-order valence-electron chi connectivity index (χ3n) is 2.04. The van der Waals surface area contributed by atoms with Crippen LogP contribution in [0.3, 0.4) is 0 Å². The van der Waals surface area contributed by atoms with Crippen molar-refractivity contribution in [2.45, 2.75) is 38.0 Å². The van der Waals surface area contributed by atoms with Gasteiger partial charge in [0.15, 0.2) is 0 Å². The molecule has 0 bridgehead atoms. The van der Waals surface area contributed by atoms with Gasteiger partial charge in [0, 0.05) is 14.8 Å². The van der Waals surface area contributed by atoms with Gasteiger partial charge in [-0.15, -0.1) is 0 Å². The number of hydrogen-bond donors (Lipinski definition) is 1. The van der Waals surface area contributed by atoms with Gasteiger partial charge in [-0.25, -0.2) is 13.2 Å². The average molecular weight is 342 g/mol. The van der Waals surface area contributed by atoms with E-state index in [1.165, 1.54) is 30.1 Å². The van der Waals surface area contributed by atoms with E-state index in [4.69, 9.17) is 0 Å². The Hall–Kier alpha value is -0.200. The van der Waals surface area contributed by atoms with Crippen LogP contribution in [0.25, 0.3) is 0 Å². The van der Waals surface area contributed by atoms with Gasteiger partial charge in [0.2, 0.25) is 0 Å². The van der Waals surface area contributed by atoms with Crippen LogP contribution in [0.15, 0.2) is 22.7 Å². The first-order valence-electron chi connectivity index (χ1n) is 5.37. The van der Waals surface area contributed by atoms with Crippen LogP contribution in [0.2, 0.25) is 0 Å². The second kappa shape index (κ2) is 6.30. The monoisotopic (exact) mass is 341 g/mol.